The second kappa shape index (κ2) is 3.05. The van der Waals surface area contributed by atoms with E-state index < -0.39 is 0 Å². The van der Waals surface area contributed by atoms with Crippen LogP contribution in [0.3, 0.4) is 0 Å². The first-order chi connectivity index (χ1) is 7.27. The van der Waals surface area contributed by atoms with E-state index in [0.717, 1.165) is 15.6 Å². The minimum Gasteiger partial charge on any atom is -0.312 e. The normalized spacial score (nSPS) is 11.3. The Balaban J connectivity index is 2.69. The van der Waals surface area contributed by atoms with Crippen LogP contribution in [-0.4, -0.2) is 9.97 Å². The van der Waals surface area contributed by atoms with Crippen molar-refractivity contribution in [2.75, 3.05) is 0 Å². The van der Waals surface area contributed by atoms with Gasteiger partial charge >= 0.3 is 0 Å². The van der Waals surface area contributed by atoms with E-state index in [4.69, 9.17) is 11.6 Å². The number of nitrogens with one attached hydrogen (secondary N) is 1. The Morgan fingerprint density at radius 2 is 2.20 bits per heavy atom. The monoisotopic (exact) mass is 236 g/mol. The van der Waals surface area contributed by atoms with Gasteiger partial charge in [0.1, 0.15) is 4.70 Å². The van der Waals surface area contributed by atoms with Crippen molar-refractivity contribution < 1.29 is 0 Å². The zero-order valence-corrected chi connectivity index (χ0v) is 9.02. The standard InChI is InChI=1S/C10H5ClN2OS/c11-6-3-1-2-5-7-9(15-8(5)6)10(14)13-4-12-7/h1-4H,(H,12,13,14). The Morgan fingerprint density at radius 3 is 3.07 bits per heavy atom. The maximum atomic E-state index is 11.5. The molecule has 5 heteroatoms. The first-order valence-electron chi connectivity index (χ1n) is 4.32. The first kappa shape index (κ1) is 8.88. The van der Waals surface area contributed by atoms with Crippen LogP contribution in [0, 0.1) is 0 Å². The van der Waals surface area contributed by atoms with Crippen molar-refractivity contribution in [1.29, 1.82) is 0 Å². The summed E-state index contributed by atoms with van der Waals surface area (Å²) >= 11 is 7.43. The number of benzene rings is 1. The van der Waals surface area contributed by atoms with Crippen LogP contribution < -0.4 is 5.56 Å². The van der Waals surface area contributed by atoms with E-state index in [1.54, 1.807) is 0 Å². The van der Waals surface area contributed by atoms with E-state index in [2.05, 4.69) is 9.97 Å². The molecule has 3 aromatic rings. The molecule has 2 heterocycles. The summed E-state index contributed by atoms with van der Waals surface area (Å²) in [6.07, 6.45) is 1.41. The number of nitrogens with zero attached hydrogens (tertiary/aromatic N) is 1. The van der Waals surface area contributed by atoms with Crippen LogP contribution in [0.1, 0.15) is 0 Å². The number of halogens is 1. The van der Waals surface area contributed by atoms with E-state index in [0.29, 0.717) is 9.72 Å². The number of rotatable bonds is 0. The molecule has 0 atom stereocenters. The maximum Gasteiger partial charge on any atom is 0.268 e. The Morgan fingerprint density at radius 1 is 1.33 bits per heavy atom. The Hall–Kier alpha value is -1.39. The van der Waals surface area contributed by atoms with Gasteiger partial charge in [-0.15, -0.1) is 11.3 Å². The number of hydrogen-bond acceptors (Lipinski definition) is 3. The summed E-state index contributed by atoms with van der Waals surface area (Å²) in [5, 5.41) is 1.60. The highest BCUT2D eigenvalue weighted by Gasteiger charge is 2.10. The summed E-state index contributed by atoms with van der Waals surface area (Å²) in [5.74, 6) is 0. The average molecular weight is 237 g/mol. The van der Waals surface area contributed by atoms with E-state index in [-0.39, 0.29) is 5.56 Å². The second-order valence-corrected chi connectivity index (χ2v) is 4.56. The lowest BCUT2D eigenvalue weighted by Gasteiger charge is -1.91. The number of fused-ring (bicyclic) bond motifs is 3. The molecule has 0 saturated carbocycles. The van der Waals surface area contributed by atoms with Gasteiger partial charge < -0.3 is 4.98 Å². The van der Waals surface area contributed by atoms with Gasteiger partial charge in [0, 0.05) is 5.39 Å². The molecular formula is C10H5ClN2OS. The highest BCUT2D eigenvalue weighted by atomic mass is 35.5. The largest absolute Gasteiger partial charge is 0.312 e. The third-order valence-corrected chi connectivity index (χ3v) is 3.89. The highest BCUT2D eigenvalue weighted by molar-refractivity contribution is 7.26. The van der Waals surface area contributed by atoms with Gasteiger partial charge in [-0.1, -0.05) is 23.7 Å². The Kier molecular flexibility index (Phi) is 1.81. The van der Waals surface area contributed by atoms with Crippen LogP contribution in [0.25, 0.3) is 20.3 Å². The third kappa shape index (κ3) is 1.19. The van der Waals surface area contributed by atoms with Gasteiger partial charge in [0.15, 0.2) is 0 Å². The topological polar surface area (TPSA) is 45.8 Å². The molecule has 0 radical (unpaired) electrons. The Labute approximate surface area is 93.3 Å². The van der Waals surface area contributed by atoms with Crippen molar-refractivity contribution in [3.8, 4) is 0 Å². The average Bonchev–Trinajstić information content (AvgIpc) is 2.60. The van der Waals surface area contributed by atoms with Crippen molar-refractivity contribution in [2.45, 2.75) is 0 Å². The van der Waals surface area contributed by atoms with Gasteiger partial charge in [-0.3, -0.25) is 4.79 Å². The maximum absolute atomic E-state index is 11.5. The zero-order chi connectivity index (χ0) is 10.4. The van der Waals surface area contributed by atoms with Crippen LogP contribution in [0.2, 0.25) is 5.02 Å². The Bertz CT molecular complexity index is 716. The predicted molar refractivity (Wildman–Crippen MR) is 62.8 cm³/mol. The van der Waals surface area contributed by atoms with Crippen LogP contribution >= 0.6 is 22.9 Å². The van der Waals surface area contributed by atoms with Gasteiger partial charge in [-0.25, -0.2) is 4.98 Å². The van der Waals surface area contributed by atoms with Crippen molar-refractivity contribution >= 4 is 43.2 Å². The summed E-state index contributed by atoms with van der Waals surface area (Å²) in [6, 6.07) is 5.60. The molecule has 0 fully saturated rings. The zero-order valence-electron chi connectivity index (χ0n) is 7.45. The SMILES string of the molecule is O=c1[nH]cnc2c1sc1c(Cl)cccc12. The van der Waals surface area contributed by atoms with Crippen molar-refractivity contribution in [3.63, 3.8) is 0 Å². The van der Waals surface area contributed by atoms with Crippen molar-refractivity contribution in [3.05, 3.63) is 39.9 Å². The molecule has 2 aromatic heterocycles. The second-order valence-electron chi connectivity index (χ2n) is 3.13. The molecule has 3 rings (SSSR count). The highest BCUT2D eigenvalue weighted by Crippen LogP contribution is 2.34. The third-order valence-electron chi connectivity index (χ3n) is 2.24. The number of aromatic nitrogens is 2. The molecule has 1 aromatic carbocycles. The number of H-pyrrole nitrogens is 1. The molecule has 0 bridgehead atoms. The van der Waals surface area contributed by atoms with Gasteiger partial charge in [0.05, 0.1) is 21.6 Å². The van der Waals surface area contributed by atoms with Crippen LogP contribution in [0.5, 0.6) is 0 Å². The van der Waals surface area contributed by atoms with Crippen LogP contribution in [-0.2, 0) is 0 Å². The molecule has 0 aliphatic carbocycles. The fraction of sp³-hybridized carbons (Fsp3) is 0. The summed E-state index contributed by atoms with van der Waals surface area (Å²) in [5.41, 5.74) is 0.610. The van der Waals surface area contributed by atoms with Crippen LogP contribution in [0.15, 0.2) is 29.3 Å². The number of thiophene rings is 1. The van der Waals surface area contributed by atoms with Crippen molar-refractivity contribution in [1.82, 2.24) is 9.97 Å². The van der Waals surface area contributed by atoms with E-state index in [9.17, 15) is 4.79 Å². The van der Waals surface area contributed by atoms with Gasteiger partial charge in [0.25, 0.3) is 5.56 Å². The minimum absolute atomic E-state index is 0.114. The van der Waals surface area contributed by atoms with E-state index >= 15 is 0 Å². The minimum atomic E-state index is -0.114. The summed E-state index contributed by atoms with van der Waals surface area (Å²) in [4.78, 5) is 18.3. The predicted octanol–water partition coefficient (Wildman–Crippen LogP) is 2.79. The molecule has 0 aliphatic rings. The van der Waals surface area contributed by atoms with Gasteiger partial charge in [-0.05, 0) is 6.07 Å². The fourth-order valence-electron chi connectivity index (χ4n) is 1.57. The quantitative estimate of drug-likeness (QED) is 0.652. The first-order valence-corrected chi connectivity index (χ1v) is 5.51. The van der Waals surface area contributed by atoms with E-state index in [1.165, 1.54) is 17.7 Å². The van der Waals surface area contributed by atoms with Gasteiger partial charge in [-0.2, -0.15) is 0 Å². The molecule has 0 unspecified atom stereocenters. The van der Waals surface area contributed by atoms with Crippen molar-refractivity contribution in [2.24, 2.45) is 0 Å². The molecule has 0 saturated heterocycles. The molecule has 0 spiro atoms. The molecule has 1 N–H and O–H groups in total. The summed E-state index contributed by atoms with van der Waals surface area (Å²) < 4.78 is 1.54. The van der Waals surface area contributed by atoms with Crippen LogP contribution in [0.4, 0.5) is 0 Å². The lowest BCUT2D eigenvalue weighted by Crippen LogP contribution is -2.03. The smallest absolute Gasteiger partial charge is 0.268 e. The summed E-state index contributed by atoms with van der Waals surface area (Å²) in [7, 11) is 0. The molecule has 3 nitrogen and oxygen atoms in total. The molecular weight excluding hydrogens is 232 g/mol. The molecule has 0 aliphatic heterocycles. The molecule has 15 heavy (non-hydrogen) atoms. The molecule has 74 valence electrons. The van der Waals surface area contributed by atoms with Gasteiger partial charge in [0.2, 0.25) is 0 Å². The molecule has 0 amide bonds. The summed E-state index contributed by atoms with van der Waals surface area (Å²) in [6.45, 7) is 0. The lowest BCUT2D eigenvalue weighted by molar-refractivity contribution is 1.18. The fourth-order valence-corrected chi connectivity index (χ4v) is 2.92. The number of hydrogen-bond donors (Lipinski definition) is 1. The van der Waals surface area contributed by atoms with E-state index in [1.807, 2.05) is 18.2 Å². The lowest BCUT2D eigenvalue weighted by atomic mass is 10.2. The number of aromatic amines is 1.